The Hall–Kier alpha value is -1.54. The maximum atomic E-state index is 13.6. The predicted molar refractivity (Wildman–Crippen MR) is 70.2 cm³/mol. The van der Waals surface area contributed by atoms with Crippen LogP contribution in [0, 0.1) is 21.8 Å². The summed E-state index contributed by atoms with van der Waals surface area (Å²) in [5.41, 5.74) is -0.451. The van der Waals surface area contributed by atoms with E-state index in [-0.39, 0.29) is 12.5 Å². The van der Waals surface area contributed by atoms with Crippen molar-refractivity contribution in [3.05, 3.63) is 34.1 Å². The molecule has 0 heterocycles. The molecule has 0 aliphatic heterocycles. The minimum Gasteiger partial charge on any atom is -0.258 e. The van der Waals surface area contributed by atoms with Crippen molar-refractivity contribution in [3.8, 4) is 0 Å². The molecule has 0 amide bonds. The number of benzene rings is 1. The second-order valence-electron chi connectivity index (χ2n) is 4.87. The van der Waals surface area contributed by atoms with Gasteiger partial charge in [-0.1, -0.05) is 12.8 Å². The van der Waals surface area contributed by atoms with E-state index in [4.69, 9.17) is 0 Å². The summed E-state index contributed by atoms with van der Waals surface area (Å²) in [5.74, 6) is -0.735. The predicted octanol–water partition coefficient (Wildman–Crippen LogP) is 2.20. The van der Waals surface area contributed by atoms with E-state index >= 15 is 0 Å². The van der Waals surface area contributed by atoms with Crippen LogP contribution in [-0.2, 0) is 10.0 Å². The summed E-state index contributed by atoms with van der Waals surface area (Å²) in [4.78, 5) is 9.20. The number of nitro groups is 1. The molecule has 1 aromatic carbocycles. The zero-order valence-corrected chi connectivity index (χ0v) is 11.5. The molecule has 20 heavy (non-hydrogen) atoms. The highest BCUT2D eigenvalue weighted by Gasteiger charge is 2.24. The molecule has 1 aliphatic rings. The number of rotatable bonds is 5. The van der Waals surface area contributed by atoms with E-state index in [1.165, 1.54) is 0 Å². The highest BCUT2D eigenvalue weighted by atomic mass is 32.2. The van der Waals surface area contributed by atoms with Crippen molar-refractivity contribution in [1.29, 1.82) is 0 Å². The molecule has 1 fully saturated rings. The van der Waals surface area contributed by atoms with Crippen LogP contribution >= 0.6 is 0 Å². The number of nitro benzene ring substituents is 1. The summed E-state index contributed by atoms with van der Waals surface area (Å²) in [5, 5.41) is 10.6. The molecule has 1 N–H and O–H groups in total. The lowest BCUT2D eigenvalue weighted by Gasteiger charge is -2.11. The summed E-state index contributed by atoms with van der Waals surface area (Å²) < 4.78 is 39.9. The summed E-state index contributed by atoms with van der Waals surface area (Å²) in [6.45, 7) is 0.241. The van der Waals surface area contributed by atoms with Gasteiger partial charge in [0.15, 0.2) is 0 Å². The zero-order valence-electron chi connectivity index (χ0n) is 10.7. The van der Waals surface area contributed by atoms with Crippen molar-refractivity contribution in [2.24, 2.45) is 5.92 Å². The van der Waals surface area contributed by atoms with E-state index in [1.54, 1.807) is 0 Å². The van der Waals surface area contributed by atoms with Crippen LogP contribution in [0.1, 0.15) is 25.7 Å². The standard InChI is InChI=1S/C12H15FN2O4S/c13-11-6-5-10(15(16)17)7-12(11)20(18,19)14-8-9-3-1-2-4-9/h5-7,9,14H,1-4,8H2. The summed E-state index contributed by atoms with van der Waals surface area (Å²) in [6.07, 6.45) is 4.02. The molecule has 8 heteroatoms. The third kappa shape index (κ3) is 3.31. The normalized spacial score (nSPS) is 16.4. The van der Waals surface area contributed by atoms with Gasteiger partial charge in [0.2, 0.25) is 10.0 Å². The third-order valence-corrected chi connectivity index (χ3v) is 4.89. The lowest BCUT2D eigenvalue weighted by molar-refractivity contribution is -0.385. The van der Waals surface area contributed by atoms with Crippen molar-refractivity contribution in [2.45, 2.75) is 30.6 Å². The molecule has 0 saturated heterocycles. The van der Waals surface area contributed by atoms with E-state index in [9.17, 15) is 22.9 Å². The number of hydrogen-bond acceptors (Lipinski definition) is 4. The fourth-order valence-corrected chi connectivity index (χ4v) is 3.54. The van der Waals surface area contributed by atoms with Crippen LogP contribution in [0.5, 0.6) is 0 Å². The summed E-state index contributed by atoms with van der Waals surface area (Å²) in [6, 6.07) is 2.47. The van der Waals surface area contributed by atoms with Crippen molar-refractivity contribution < 1.29 is 17.7 Å². The molecule has 110 valence electrons. The molecule has 1 aromatic rings. The van der Waals surface area contributed by atoms with E-state index in [0.29, 0.717) is 0 Å². The number of nitrogens with zero attached hydrogens (tertiary/aromatic N) is 1. The van der Waals surface area contributed by atoms with Crippen LogP contribution < -0.4 is 4.72 Å². The van der Waals surface area contributed by atoms with Crippen molar-refractivity contribution in [1.82, 2.24) is 4.72 Å². The molecule has 0 radical (unpaired) electrons. The van der Waals surface area contributed by atoms with Gasteiger partial charge in [0.1, 0.15) is 10.7 Å². The minimum absolute atomic E-state index is 0.241. The van der Waals surface area contributed by atoms with E-state index in [2.05, 4.69) is 4.72 Å². The van der Waals surface area contributed by atoms with Crippen molar-refractivity contribution in [2.75, 3.05) is 6.54 Å². The Kier molecular flexibility index (Phi) is 4.34. The van der Waals surface area contributed by atoms with Gasteiger partial charge in [-0.3, -0.25) is 10.1 Å². The number of hydrogen-bond donors (Lipinski definition) is 1. The van der Waals surface area contributed by atoms with Gasteiger partial charge in [-0.15, -0.1) is 0 Å². The van der Waals surface area contributed by atoms with Gasteiger partial charge >= 0.3 is 0 Å². The fraction of sp³-hybridized carbons (Fsp3) is 0.500. The van der Waals surface area contributed by atoms with Crippen LogP contribution in [0.3, 0.4) is 0 Å². The second kappa shape index (κ2) is 5.84. The monoisotopic (exact) mass is 302 g/mol. The van der Waals surface area contributed by atoms with Crippen LogP contribution in [0.15, 0.2) is 23.1 Å². The van der Waals surface area contributed by atoms with Gasteiger partial charge < -0.3 is 0 Å². The van der Waals surface area contributed by atoms with E-state index < -0.39 is 31.3 Å². The van der Waals surface area contributed by atoms with Gasteiger partial charge in [-0.25, -0.2) is 17.5 Å². The van der Waals surface area contributed by atoms with Crippen molar-refractivity contribution in [3.63, 3.8) is 0 Å². The summed E-state index contributed by atoms with van der Waals surface area (Å²) >= 11 is 0. The van der Waals surface area contributed by atoms with Crippen LogP contribution in [-0.4, -0.2) is 19.9 Å². The van der Waals surface area contributed by atoms with Crippen molar-refractivity contribution >= 4 is 15.7 Å². The van der Waals surface area contributed by atoms with Crippen LogP contribution in [0.2, 0.25) is 0 Å². The van der Waals surface area contributed by atoms with E-state index in [0.717, 1.165) is 43.9 Å². The van der Waals surface area contributed by atoms with Gasteiger partial charge in [-0.05, 0) is 24.8 Å². The Morgan fingerprint density at radius 2 is 2.00 bits per heavy atom. The highest BCUT2D eigenvalue weighted by Crippen LogP contribution is 2.25. The lowest BCUT2D eigenvalue weighted by atomic mass is 10.1. The Morgan fingerprint density at radius 1 is 1.35 bits per heavy atom. The lowest BCUT2D eigenvalue weighted by Crippen LogP contribution is -2.29. The van der Waals surface area contributed by atoms with Gasteiger partial charge in [-0.2, -0.15) is 0 Å². The maximum Gasteiger partial charge on any atom is 0.270 e. The zero-order chi connectivity index (χ0) is 14.8. The maximum absolute atomic E-state index is 13.6. The Labute approximate surface area is 116 Å². The molecule has 1 aliphatic carbocycles. The Bertz CT molecular complexity index is 612. The van der Waals surface area contributed by atoms with E-state index in [1.807, 2.05) is 0 Å². The smallest absolute Gasteiger partial charge is 0.258 e. The molecular weight excluding hydrogens is 287 g/mol. The minimum atomic E-state index is -4.06. The first-order valence-electron chi connectivity index (χ1n) is 6.34. The van der Waals surface area contributed by atoms with Gasteiger partial charge in [0.25, 0.3) is 5.69 Å². The number of halogens is 1. The number of sulfonamides is 1. The van der Waals surface area contributed by atoms with Gasteiger partial charge in [0.05, 0.1) is 4.92 Å². The SMILES string of the molecule is O=[N+]([O-])c1ccc(F)c(S(=O)(=O)NCC2CCCC2)c1. The Balaban J connectivity index is 2.19. The molecule has 0 unspecified atom stereocenters. The highest BCUT2D eigenvalue weighted by molar-refractivity contribution is 7.89. The second-order valence-corrected chi connectivity index (χ2v) is 6.61. The molecule has 0 bridgehead atoms. The average Bonchev–Trinajstić information content (AvgIpc) is 2.89. The molecular formula is C12H15FN2O4S. The topological polar surface area (TPSA) is 89.3 Å². The largest absolute Gasteiger partial charge is 0.270 e. The molecule has 0 spiro atoms. The first-order chi connectivity index (χ1) is 9.40. The van der Waals surface area contributed by atoms with Crippen LogP contribution in [0.4, 0.5) is 10.1 Å². The third-order valence-electron chi connectivity index (χ3n) is 3.45. The average molecular weight is 302 g/mol. The number of nitrogens with one attached hydrogen (secondary N) is 1. The van der Waals surface area contributed by atoms with Gasteiger partial charge in [0, 0.05) is 18.7 Å². The Morgan fingerprint density at radius 3 is 2.60 bits per heavy atom. The fourth-order valence-electron chi connectivity index (χ4n) is 2.33. The molecule has 0 aromatic heterocycles. The molecule has 0 atom stereocenters. The summed E-state index contributed by atoms with van der Waals surface area (Å²) in [7, 11) is -4.06. The van der Waals surface area contributed by atoms with Crippen LogP contribution in [0.25, 0.3) is 0 Å². The molecule has 1 saturated carbocycles. The quantitative estimate of drug-likeness (QED) is 0.667. The first kappa shape index (κ1) is 14.9. The number of non-ortho nitro benzene ring substituents is 1. The molecule has 6 nitrogen and oxygen atoms in total. The molecule has 2 rings (SSSR count). The first-order valence-corrected chi connectivity index (χ1v) is 7.82.